The summed E-state index contributed by atoms with van der Waals surface area (Å²) in [5.41, 5.74) is 2.50. The van der Waals surface area contributed by atoms with E-state index in [4.69, 9.17) is 14.3 Å². The molecule has 0 aliphatic carbocycles. The van der Waals surface area contributed by atoms with Crippen LogP contribution in [-0.2, 0) is 14.3 Å². The molecule has 4 rings (SSSR count). The topological polar surface area (TPSA) is 169 Å². The lowest BCUT2D eigenvalue weighted by molar-refractivity contribution is -0.739. The summed E-state index contributed by atoms with van der Waals surface area (Å²) < 4.78 is 12.0. The van der Waals surface area contributed by atoms with Gasteiger partial charge in [0.05, 0.1) is 44.5 Å². The highest BCUT2D eigenvalue weighted by atomic mass is 16.7. The Balaban J connectivity index is 1.28. The van der Waals surface area contributed by atoms with Crippen LogP contribution in [0.25, 0.3) is 0 Å². The van der Waals surface area contributed by atoms with Crippen molar-refractivity contribution in [3.05, 3.63) is 68.0 Å². The Kier molecular flexibility index (Phi) is 7.61. The summed E-state index contributed by atoms with van der Waals surface area (Å²) >= 11 is 0. The lowest BCUT2D eigenvalue weighted by Gasteiger charge is -2.24. The SMILES string of the molecule is Cc1cn([C@@H]2O[C@H](CO)[C@@H](O)[C@H]2OCCONCC[N+]2(C)C(=O)c3ccccc3C2=O)c(=O)[nH]c1=O. The number of H-pyrrole nitrogens is 1. The van der Waals surface area contributed by atoms with Crippen molar-refractivity contribution < 1.29 is 38.6 Å². The highest BCUT2D eigenvalue weighted by Gasteiger charge is 2.50. The zero-order chi connectivity index (χ0) is 26.0. The van der Waals surface area contributed by atoms with Gasteiger partial charge in [-0.25, -0.2) is 14.4 Å². The number of ether oxygens (including phenoxy) is 2. The monoisotopic (exact) mass is 505 g/mol. The van der Waals surface area contributed by atoms with Crippen LogP contribution in [0.1, 0.15) is 32.5 Å². The van der Waals surface area contributed by atoms with Crippen LogP contribution in [0.2, 0.25) is 0 Å². The number of rotatable bonds is 10. The number of quaternary nitrogens is 1. The maximum absolute atomic E-state index is 12.7. The number of aliphatic hydroxyl groups excluding tert-OH is 2. The number of likely N-dealkylation sites (N-methyl/N-ethyl adjacent to an activating group) is 1. The highest BCUT2D eigenvalue weighted by Crippen LogP contribution is 2.31. The molecule has 1 saturated heterocycles. The van der Waals surface area contributed by atoms with Crippen LogP contribution in [0.15, 0.2) is 40.1 Å². The minimum Gasteiger partial charge on any atom is -0.394 e. The minimum absolute atomic E-state index is 0.0146. The molecule has 4 atom stereocenters. The molecule has 3 heterocycles. The predicted octanol–water partition coefficient (Wildman–Crippen LogP) is -1.56. The fraction of sp³-hybridized carbons (Fsp3) is 0.478. The van der Waals surface area contributed by atoms with Crippen LogP contribution in [0.3, 0.4) is 0 Å². The number of hydrogen-bond donors (Lipinski definition) is 4. The summed E-state index contributed by atoms with van der Waals surface area (Å²) in [5, 5.41) is 20.0. The van der Waals surface area contributed by atoms with Crippen molar-refractivity contribution in [2.75, 3.05) is 40.0 Å². The number of carbonyl (C=O) groups is 2. The molecular formula is C23H29N4O9+. The van der Waals surface area contributed by atoms with Gasteiger partial charge in [-0.05, 0) is 19.1 Å². The molecule has 194 valence electrons. The van der Waals surface area contributed by atoms with Crippen LogP contribution in [0.4, 0.5) is 0 Å². The Morgan fingerprint density at radius 2 is 1.81 bits per heavy atom. The molecule has 2 aliphatic rings. The second kappa shape index (κ2) is 10.5. The van der Waals surface area contributed by atoms with Gasteiger partial charge in [-0.1, -0.05) is 12.1 Å². The molecule has 13 nitrogen and oxygen atoms in total. The molecule has 4 N–H and O–H groups in total. The lowest BCUT2D eigenvalue weighted by Crippen LogP contribution is -2.52. The molecule has 2 aromatic rings. The van der Waals surface area contributed by atoms with Gasteiger partial charge in [0, 0.05) is 11.8 Å². The molecule has 36 heavy (non-hydrogen) atoms. The van der Waals surface area contributed by atoms with E-state index >= 15 is 0 Å². The van der Waals surface area contributed by atoms with Gasteiger partial charge in [-0.15, -0.1) is 0 Å². The largest absolute Gasteiger partial charge is 0.394 e. The van der Waals surface area contributed by atoms with Crippen LogP contribution >= 0.6 is 0 Å². The zero-order valence-corrected chi connectivity index (χ0v) is 19.9. The van der Waals surface area contributed by atoms with E-state index in [2.05, 4.69) is 10.5 Å². The Hall–Kier alpha value is -3.04. The van der Waals surface area contributed by atoms with E-state index < -0.39 is 46.9 Å². The number of hydrogen-bond acceptors (Lipinski definition) is 10. The van der Waals surface area contributed by atoms with Crippen molar-refractivity contribution in [2.24, 2.45) is 0 Å². The Morgan fingerprint density at radius 3 is 2.44 bits per heavy atom. The fourth-order valence-corrected chi connectivity index (χ4v) is 4.37. The number of amides is 2. The normalized spacial score (nSPS) is 24.9. The number of hydroxylamine groups is 1. The molecule has 2 amide bonds. The average Bonchev–Trinajstić information content (AvgIpc) is 3.28. The Morgan fingerprint density at radius 1 is 1.14 bits per heavy atom. The van der Waals surface area contributed by atoms with Crippen molar-refractivity contribution in [1.29, 1.82) is 0 Å². The van der Waals surface area contributed by atoms with Crippen molar-refractivity contribution >= 4 is 11.8 Å². The van der Waals surface area contributed by atoms with Gasteiger partial charge in [-0.3, -0.25) is 19.2 Å². The van der Waals surface area contributed by atoms with Gasteiger partial charge < -0.3 is 19.7 Å². The molecule has 1 fully saturated rings. The molecule has 0 radical (unpaired) electrons. The molecular weight excluding hydrogens is 476 g/mol. The van der Waals surface area contributed by atoms with E-state index in [9.17, 15) is 29.4 Å². The van der Waals surface area contributed by atoms with Gasteiger partial charge >= 0.3 is 17.5 Å². The molecule has 0 unspecified atom stereocenters. The second-order valence-electron chi connectivity index (χ2n) is 8.87. The molecule has 2 aliphatic heterocycles. The number of carbonyl (C=O) groups excluding carboxylic acids is 2. The van der Waals surface area contributed by atoms with Gasteiger partial charge in [0.15, 0.2) is 6.23 Å². The Bertz CT molecular complexity index is 1220. The summed E-state index contributed by atoms with van der Waals surface area (Å²) in [4.78, 5) is 56.9. The average molecular weight is 506 g/mol. The number of aliphatic hydroxyl groups is 2. The standard InChI is InChI=1S/C23H28N4O9/c1-13-11-26(23(33)25-19(13)30)20-18(17(29)16(12-28)36-20)34-9-10-35-24-7-8-27(2)21(31)14-5-3-4-6-15(14)22(27)32/h3-6,11,16-18,20,24,28-29H,7-10,12H2,1-2H3/p+1/t16-,17-,18-,20-/m1/s1. The van der Waals surface area contributed by atoms with Gasteiger partial charge in [-0.2, -0.15) is 9.96 Å². The number of benzene rings is 1. The van der Waals surface area contributed by atoms with Crippen molar-refractivity contribution in [2.45, 2.75) is 31.5 Å². The first-order chi connectivity index (χ1) is 17.2. The summed E-state index contributed by atoms with van der Waals surface area (Å²) in [6.07, 6.45) is -3.01. The third kappa shape index (κ3) is 4.69. The van der Waals surface area contributed by atoms with Gasteiger partial charge in [0.25, 0.3) is 5.56 Å². The highest BCUT2D eigenvalue weighted by molar-refractivity contribution is 6.13. The molecule has 0 bridgehead atoms. The van der Waals surface area contributed by atoms with E-state index in [0.29, 0.717) is 11.1 Å². The minimum atomic E-state index is -1.23. The summed E-state index contributed by atoms with van der Waals surface area (Å²) in [5.74, 6) is -0.540. The molecule has 0 spiro atoms. The van der Waals surface area contributed by atoms with Crippen LogP contribution < -0.4 is 16.7 Å². The zero-order valence-electron chi connectivity index (χ0n) is 19.9. The predicted molar refractivity (Wildman–Crippen MR) is 123 cm³/mol. The second-order valence-corrected chi connectivity index (χ2v) is 8.87. The first-order valence-corrected chi connectivity index (χ1v) is 11.5. The van der Waals surface area contributed by atoms with Crippen molar-refractivity contribution in [1.82, 2.24) is 15.0 Å². The van der Waals surface area contributed by atoms with E-state index in [-0.39, 0.29) is 43.7 Å². The van der Waals surface area contributed by atoms with Crippen molar-refractivity contribution in [3.63, 3.8) is 0 Å². The molecule has 1 aromatic heterocycles. The third-order valence-corrected chi connectivity index (χ3v) is 6.46. The van der Waals surface area contributed by atoms with E-state index in [1.165, 1.54) is 13.1 Å². The number of imide groups is 1. The lowest BCUT2D eigenvalue weighted by atomic mass is 10.1. The fourth-order valence-electron chi connectivity index (χ4n) is 4.37. The number of aromatic nitrogens is 2. The molecule has 13 heteroatoms. The summed E-state index contributed by atoms with van der Waals surface area (Å²) in [7, 11) is 1.56. The molecule has 1 aromatic carbocycles. The number of fused-ring (bicyclic) bond motifs is 1. The van der Waals surface area contributed by atoms with Crippen molar-refractivity contribution in [3.8, 4) is 0 Å². The number of nitrogens with zero attached hydrogens (tertiary/aromatic N) is 2. The maximum atomic E-state index is 12.7. The maximum Gasteiger partial charge on any atom is 0.354 e. The number of aryl methyl sites for hydroxylation is 1. The number of nitrogens with one attached hydrogen (secondary N) is 2. The van der Waals surface area contributed by atoms with Crippen LogP contribution in [0.5, 0.6) is 0 Å². The van der Waals surface area contributed by atoms with Gasteiger partial charge in [0.2, 0.25) is 0 Å². The van der Waals surface area contributed by atoms with Crippen LogP contribution in [-0.4, -0.2) is 94.3 Å². The third-order valence-electron chi connectivity index (χ3n) is 6.46. The molecule has 0 saturated carbocycles. The van der Waals surface area contributed by atoms with Gasteiger partial charge in [0.1, 0.15) is 24.9 Å². The first-order valence-electron chi connectivity index (χ1n) is 11.5. The number of aromatic amines is 1. The summed E-state index contributed by atoms with van der Waals surface area (Å²) in [6, 6.07) is 6.71. The van der Waals surface area contributed by atoms with E-state index in [1.54, 1.807) is 31.3 Å². The van der Waals surface area contributed by atoms with E-state index in [1.807, 2.05) is 0 Å². The summed E-state index contributed by atoms with van der Waals surface area (Å²) in [6.45, 7) is 1.43. The first kappa shape index (κ1) is 26.0. The van der Waals surface area contributed by atoms with Crippen LogP contribution in [0, 0.1) is 6.92 Å². The van der Waals surface area contributed by atoms with E-state index in [0.717, 1.165) is 4.57 Å². The smallest absolute Gasteiger partial charge is 0.354 e. The Labute approximate surface area is 205 Å². The quantitative estimate of drug-likeness (QED) is 0.128.